The number of sulfone groups is 1. The van der Waals surface area contributed by atoms with Crippen LogP contribution in [0.3, 0.4) is 0 Å². The summed E-state index contributed by atoms with van der Waals surface area (Å²) in [6.45, 7) is 4.95. The molecule has 5 aromatic rings. The Balaban J connectivity index is 1.49. The van der Waals surface area contributed by atoms with Gasteiger partial charge in [-0.05, 0) is 69.0 Å². The third-order valence-corrected chi connectivity index (χ3v) is 11.0. The number of halogens is 4. The lowest BCUT2D eigenvalue weighted by molar-refractivity contribution is -0.143. The zero-order valence-electron chi connectivity index (χ0n) is 31.7. The molecule has 0 saturated heterocycles. The van der Waals surface area contributed by atoms with E-state index < -0.39 is 69.1 Å². The quantitative estimate of drug-likeness (QED) is 0.0505. The van der Waals surface area contributed by atoms with E-state index in [1.165, 1.54) is 37.0 Å². The maximum atomic E-state index is 15.6. The second kappa shape index (κ2) is 17.7. The van der Waals surface area contributed by atoms with E-state index in [0.717, 1.165) is 12.1 Å². The molecule has 17 heteroatoms. The number of benzene rings is 3. The fourth-order valence-corrected chi connectivity index (χ4v) is 7.56. The molecular weight excluding hydrogens is 773 g/mol. The highest BCUT2D eigenvalue weighted by atomic mass is 32.2. The molecule has 2 aromatic heterocycles. The number of ether oxygens (including phenoxy) is 3. The van der Waals surface area contributed by atoms with Gasteiger partial charge >= 0.3 is 11.9 Å². The van der Waals surface area contributed by atoms with E-state index in [4.69, 9.17) is 9.47 Å². The maximum Gasteiger partial charge on any atom is 0.321 e. The zero-order valence-corrected chi connectivity index (χ0v) is 32.6. The molecule has 304 valence electrons. The molecule has 0 aliphatic rings. The van der Waals surface area contributed by atoms with E-state index in [0.29, 0.717) is 28.3 Å². The Labute approximate surface area is 326 Å². The second-order valence-corrected chi connectivity index (χ2v) is 15.8. The predicted molar refractivity (Wildman–Crippen MR) is 202 cm³/mol. The third kappa shape index (κ3) is 10.2. The standard InChI is InChI=1S/C40H42F4N4O8S/c1-5-54-34(50)13-10-25-8-7-9-26(20-25)39(3,15-16-40(43,44)17-19-57(52,53)24-35(51)55-6-2)38-46-37(48(4)47-38)29-21-27(11-12-31(29)41)56-36-30(23-49)28-14-18-45-33(28)22-32(36)42/h7-9,11-12,14,18,20-23,45H,5-6,10,13,15-17,19,24H2,1-4H3. The molecule has 3 aromatic carbocycles. The highest BCUT2D eigenvalue weighted by Crippen LogP contribution is 2.41. The number of carbonyl (C=O) groups is 3. The smallest absolute Gasteiger partial charge is 0.321 e. The number of carbonyl (C=O) groups excluding carboxylic acids is 3. The second-order valence-electron chi connectivity index (χ2n) is 13.6. The van der Waals surface area contributed by atoms with Crippen LogP contribution in [0.1, 0.15) is 73.8 Å². The molecule has 0 saturated carbocycles. The normalized spacial score (nSPS) is 13.0. The Bertz CT molecular complexity index is 2380. The van der Waals surface area contributed by atoms with Gasteiger partial charge in [-0.15, -0.1) is 0 Å². The van der Waals surface area contributed by atoms with Crippen LogP contribution in [0.2, 0.25) is 0 Å². The SMILES string of the molecule is CCOC(=O)CCc1cccc(C(C)(CCC(F)(F)CCS(=O)(=O)CC(=O)OCC)c2nc(-c3cc(Oc4c(F)cc5[nH]ccc5c4C=O)ccc3F)n(C)n2)c1. The minimum absolute atomic E-state index is 0.0196. The first kappa shape index (κ1) is 42.6. The summed E-state index contributed by atoms with van der Waals surface area (Å²) in [5, 5.41) is 4.96. The molecule has 0 radical (unpaired) electrons. The van der Waals surface area contributed by atoms with Crippen LogP contribution in [0.5, 0.6) is 11.5 Å². The number of alkyl halides is 2. The molecule has 0 aliphatic carbocycles. The van der Waals surface area contributed by atoms with Gasteiger partial charge in [0.2, 0.25) is 5.92 Å². The predicted octanol–water partition coefficient (Wildman–Crippen LogP) is 7.43. The van der Waals surface area contributed by atoms with Gasteiger partial charge in [0.15, 0.2) is 39.3 Å². The number of nitrogens with zero attached hydrogens (tertiary/aromatic N) is 3. The van der Waals surface area contributed by atoms with E-state index >= 15 is 17.6 Å². The van der Waals surface area contributed by atoms with Gasteiger partial charge in [0.25, 0.3) is 0 Å². The molecule has 0 spiro atoms. The zero-order chi connectivity index (χ0) is 41.5. The van der Waals surface area contributed by atoms with Crippen molar-refractivity contribution in [2.75, 3.05) is 24.7 Å². The lowest BCUT2D eigenvalue weighted by Crippen LogP contribution is -2.31. The number of aromatic nitrogens is 4. The van der Waals surface area contributed by atoms with E-state index in [9.17, 15) is 22.8 Å². The topological polar surface area (TPSA) is 160 Å². The van der Waals surface area contributed by atoms with Crippen molar-refractivity contribution in [3.8, 4) is 22.9 Å². The van der Waals surface area contributed by atoms with Gasteiger partial charge < -0.3 is 19.2 Å². The van der Waals surface area contributed by atoms with Gasteiger partial charge in [0.1, 0.15) is 17.3 Å². The van der Waals surface area contributed by atoms with Crippen molar-refractivity contribution in [3.05, 3.63) is 94.9 Å². The lowest BCUT2D eigenvalue weighted by atomic mass is 9.76. The number of H-pyrrole nitrogens is 1. The fourth-order valence-electron chi connectivity index (χ4n) is 6.36. The summed E-state index contributed by atoms with van der Waals surface area (Å²) in [5.41, 5.74) is -0.0322. The van der Waals surface area contributed by atoms with Crippen molar-refractivity contribution in [1.29, 1.82) is 0 Å². The van der Waals surface area contributed by atoms with Crippen LogP contribution < -0.4 is 4.74 Å². The number of nitrogens with one attached hydrogen (secondary N) is 1. The van der Waals surface area contributed by atoms with Gasteiger partial charge in [-0.1, -0.05) is 24.3 Å². The minimum atomic E-state index is -4.20. The molecule has 1 N–H and O–H groups in total. The Morgan fingerprint density at radius 3 is 2.40 bits per heavy atom. The van der Waals surface area contributed by atoms with Crippen LogP contribution >= 0.6 is 0 Å². The van der Waals surface area contributed by atoms with Crippen molar-refractivity contribution < 1.29 is 54.6 Å². The van der Waals surface area contributed by atoms with Gasteiger partial charge in [0.05, 0.1) is 35.5 Å². The summed E-state index contributed by atoms with van der Waals surface area (Å²) in [6.07, 6.45) is 0.124. The highest BCUT2D eigenvalue weighted by Gasteiger charge is 2.40. The monoisotopic (exact) mass is 814 g/mol. The van der Waals surface area contributed by atoms with Crippen LogP contribution in [0.15, 0.2) is 60.8 Å². The molecule has 0 aliphatic heterocycles. The molecule has 57 heavy (non-hydrogen) atoms. The summed E-state index contributed by atoms with van der Waals surface area (Å²) in [6, 6.07) is 13.2. The minimum Gasteiger partial charge on any atom is -0.466 e. The molecule has 2 heterocycles. The number of aryl methyl sites for hydroxylation is 2. The lowest BCUT2D eigenvalue weighted by Gasteiger charge is -2.30. The van der Waals surface area contributed by atoms with Crippen molar-refractivity contribution in [2.45, 2.75) is 64.2 Å². The van der Waals surface area contributed by atoms with Crippen molar-refractivity contribution in [2.24, 2.45) is 7.05 Å². The molecule has 1 atom stereocenters. The average Bonchev–Trinajstić information content (AvgIpc) is 3.80. The summed E-state index contributed by atoms with van der Waals surface area (Å²) < 4.78 is 103. The fraction of sp³-hybridized carbons (Fsp3) is 0.375. The van der Waals surface area contributed by atoms with Crippen LogP contribution in [-0.2, 0) is 47.8 Å². The van der Waals surface area contributed by atoms with Gasteiger partial charge in [0, 0.05) is 49.5 Å². The Hall–Kier alpha value is -5.58. The van der Waals surface area contributed by atoms with Crippen LogP contribution in [0.4, 0.5) is 17.6 Å². The molecular formula is C40H42F4N4O8S. The Kier molecular flexibility index (Phi) is 13.2. The maximum absolute atomic E-state index is 15.6. The van der Waals surface area contributed by atoms with Gasteiger partial charge in [-0.25, -0.2) is 35.6 Å². The Morgan fingerprint density at radius 1 is 0.947 bits per heavy atom. The van der Waals surface area contributed by atoms with E-state index in [1.54, 1.807) is 44.2 Å². The third-order valence-electron chi connectivity index (χ3n) is 9.47. The van der Waals surface area contributed by atoms with Gasteiger partial charge in [-0.2, -0.15) is 5.10 Å². The number of aldehydes is 1. The van der Waals surface area contributed by atoms with Crippen LogP contribution in [0, 0.1) is 11.6 Å². The molecule has 1 unspecified atom stereocenters. The highest BCUT2D eigenvalue weighted by molar-refractivity contribution is 7.92. The number of hydrogen-bond donors (Lipinski definition) is 1. The number of rotatable bonds is 19. The number of fused-ring (bicyclic) bond motifs is 1. The first-order valence-corrected chi connectivity index (χ1v) is 19.9. The summed E-state index contributed by atoms with van der Waals surface area (Å²) in [7, 11) is -2.72. The number of aromatic amines is 1. The first-order chi connectivity index (χ1) is 27.0. The van der Waals surface area contributed by atoms with Gasteiger partial charge in [-0.3, -0.25) is 14.4 Å². The van der Waals surface area contributed by atoms with E-state index in [-0.39, 0.29) is 66.8 Å². The molecule has 0 amide bonds. The molecule has 0 bridgehead atoms. The van der Waals surface area contributed by atoms with Crippen LogP contribution in [0.25, 0.3) is 22.3 Å². The number of esters is 2. The Morgan fingerprint density at radius 2 is 1.68 bits per heavy atom. The summed E-state index contributed by atoms with van der Waals surface area (Å²) in [5.74, 6) is -8.98. The van der Waals surface area contributed by atoms with Crippen LogP contribution in [-0.4, -0.2) is 77.0 Å². The molecule has 0 fully saturated rings. The molecule has 12 nitrogen and oxygen atoms in total. The van der Waals surface area contributed by atoms with E-state index in [1.807, 2.05) is 0 Å². The van der Waals surface area contributed by atoms with E-state index in [2.05, 4.69) is 19.8 Å². The van der Waals surface area contributed by atoms with Crippen molar-refractivity contribution in [3.63, 3.8) is 0 Å². The van der Waals surface area contributed by atoms with Crippen molar-refractivity contribution >= 4 is 39.0 Å². The van der Waals surface area contributed by atoms with Crippen molar-refractivity contribution in [1.82, 2.24) is 19.7 Å². The summed E-state index contributed by atoms with van der Waals surface area (Å²) in [4.78, 5) is 43.3. The summed E-state index contributed by atoms with van der Waals surface area (Å²) >= 11 is 0. The number of hydrogen-bond acceptors (Lipinski definition) is 10. The average molecular weight is 815 g/mol. The first-order valence-electron chi connectivity index (χ1n) is 18.1. The largest absolute Gasteiger partial charge is 0.466 e. The molecule has 5 rings (SSSR count).